The second-order valence-electron chi connectivity index (χ2n) is 7.21. The smallest absolute Gasteiger partial charge is 0.269 e. The molecule has 0 spiro atoms. The lowest BCUT2D eigenvalue weighted by atomic mass is 10.1. The summed E-state index contributed by atoms with van der Waals surface area (Å²) in [6.45, 7) is 3.26. The number of amides is 1. The Morgan fingerprint density at radius 3 is 2.34 bits per heavy atom. The van der Waals surface area contributed by atoms with Crippen molar-refractivity contribution in [3.63, 3.8) is 0 Å². The van der Waals surface area contributed by atoms with Crippen LogP contribution in [0.25, 0.3) is 16.9 Å². The molecule has 148 valence electrons. The monoisotopic (exact) mass is 392 g/mol. The molecule has 29 heavy (non-hydrogen) atoms. The number of nitrogens with zero attached hydrogens (tertiary/aromatic N) is 4. The highest BCUT2D eigenvalue weighted by atomic mass is 16.6. The molecular formula is C21H22N5O3+. The van der Waals surface area contributed by atoms with Crippen LogP contribution in [0, 0.1) is 10.1 Å². The van der Waals surface area contributed by atoms with E-state index in [-0.39, 0.29) is 11.6 Å². The minimum absolute atomic E-state index is 0.0124. The molecule has 1 saturated heterocycles. The number of nitro benzene ring substituents is 1. The molecule has 8 nitrogen and oxygen atoms in total. The lowest BCUT2D eigenvalue weighted by Gasteiger charge is -2.30. The molecule has 0 bridgehead atoms. The quantitative estimate of drug-likeness (QED) is 0.538. The number of aromatic nitrogens is 2. The standard InChI is InChI=1S/C21H21N5O3/c1-23-11-13-24(14-12-23)21(27)19-15-22-25(20(19)16-5-3-2-4-6-16)17-7-9-18(10-8-17)26(28)29/h2-10,15H,11-14H2,1H3/p+1. The van der Waals surface area contributed by atoms with E-state index in [1.54, 1.807) is 23.0 Å². The zero-order valence-electron chi connectivity index (χ0n) is 16.1. The third-order valence-corrected chi connectivity index (χ3v) is 5.26. The molecule has 0 radical (unpaired) electrons. The molecule has 0 aliphatic carbocycles. The van der Waals surface area contributed by atoms with Crippen LogP contribution in [-0.4, -0.2) is 58.7 Å². The Labute approximate surface area is 168 Å². The van der Waals surface area contributed by atoms with Gasteiger partial charge in [0.25, 0.3) is 11.6 Å². The lowest BCUT2D eigenvalue weighted by Crippen LogP contribution is -3.12. The van der Waals surface area contributed by atoms with E-state index in [0.29, 0.717) is 30.0 Å². The van der Waals surface area contributed by atoms with Gasteiger partial charge in [-0.05, 0) is 12.1 Å². The van der Waals surface area contributed by atoms with Crippen LogP contribution in [0.15, 0.2) is 60.8 Å². The topological polar surface area (TPSA) is 85.7 Å². The van der Waals surface area contributed by atoms with E-state index in [2.05, 4.69) is 12.1 Å². The number of benzene rings is 2. The van der Waals surface area contributed by atoms with Crippen LogP contribution < -0.4 is 4.90 Å². The van der Waals surface area contributed by atoms with Crippen LogP contribution in [-0.2, 0) is 0 Å². The largest absolute Gasteiger partial charge is 0.334 e. The summed E-state index contributed by atoms with van der Waals surface area (Å²) < 4.78 is 1.67. The van der Waals surface area contributed by atoms with Gasteiger partial charge in [-0.15, -0.1) is 0 Å². The number of hydrogen-bond donors (Lipinski definition) is 1. The fourth-order valence-electron chi connectivity index (χ4n) is 3.55. The van der Waals surface area contributed by atoms with Gasteiger partial charge in [0.15, 0.2) is 0 Å². The van der Waals surface area contributed by atoms with Gasteiger partial charge in [-0.3, -0.25) is 14.9 Å². The molecule has 1 aliphatic heterocycles. The predicted molar refractivity (Wildman–Crippen MR) is 108 cm³/mol. The van der Waals surface area contributed by atoms with Gasteiger partial charge in [0.2, 0.25) is 0 Å². The third kappa shape index (κ3) is 3.74. The molecule has 0 unspecified atom stereocenters. The van der Waals surface area contributed by atoms with Crippen molar-refractivity contribution in [1.82, 2.24) is 14.7 Å². The SMILES string of the molecule is C[NH+]1CCN(C(=O)c2cnn(-c3ccc([N+](=O)[O-])cc3)c2-c2ccccc2)CC1. The zero-order chi connectivity index (χ0) is 20.4. The maximum Gasteiger partial charge on any atom is 0.269 e. The van der Waals surface area contributed by atoms with E-state index < -0.39 is 4.92 Å². The minimum Gasteiger partial charge on any atom is -0.334 e. The van der Waals surface area contributed by atoms with Crippen molar-refractivity contribution in [2.24, 2.45) is 0 Å². The maximum absolute atomic E-state index is 13.3. The maximum atomic E-state index is 13.3. The molecule has 1 fully saturated rings. The van der Waals surface area contributed by atoms with Crippen LogP contribution in [0.2, 0.25) is 0 Å². The Hall–Kier alpha value is -3.52. The fourth-order valence-corrected chi connectivity index (χ4v) is 3.55. The average Bonchev–Trinajstić information content (AvgIpc) is 3.19. The summed E-state index contributed by atoms with van der Waals surface area (Å²) in [6, 6.07) is 15.8. The van der Waals surface area contributed by atoms with E-state index in [4.69, 9.17) is 0 Å². The van der Waals surface area contributed by atoms with Gasteiger partial charge in [-0.1, -0.05) is 30.3 Å². The second kappa shape index (κ2) is 7.84. The molecular weight excluding hydrogens is 370 g/mol. The van der Waals surface area contributed by atoms with Crippen molar-refractivity contribution in [1.29, 1.82) is 0 Å². The summed E-state index contributed by atoms with van der Waals surface area (Å²) in [6.07, 6.45) is 1.59. The number of carbonyl (C=O) groups excluding carboxylic acids is 1. The first-order valence-electron chi connectivity index (χ1n) is 9.53. The van der Waals surface area contributed by atoms with Crippen molar-refractivity contribution in [3.8, 4) is 16.9 Å². The molecule has 1 N–H and O–H groups in total. The number of hydrogen-bond acceptors (Lipinski definition) is 4. The van der Waals surface area contributed by atoms with E-state index in [0.717, 1.165) is 18.7 Å². The van der Waals surface area contributed by atoms with E-state index in [1.807, 2.05) is 35.2 Å². The normalized spacial score (nSPS) is 14.7. The van der Waals surface area contributed by atoms with Gasteiger partial charge in [-0.25, -0.2) is 4.68 Å². The van der Waals surface area contributed by atoms with Crippen molar-refractivity contribution in [2.45, 2.75) is 0 Å². The molecule has 0 saturated carbocycles. The summed E-state index contributed by atoms with van der Waals surface area (Å²) in [7, 11) is 2.13. The molecule has 8 heteroatoms. The fraction of sp³-hybridized carbons (Fsp3) is 0.238. The molecule has 2 heterocycles. The molecule has 0 atom stereocenters. The van der Waals surface area contributed by atoms with Gasteiger partial charge in [0, 0.05) is 17.7 Å². The van der Waals surface area contributed by atoms with Crippen LogP contribution in [0.1, 0.15) is 10.4 Å². The highest BCUT2D eigenvalue weighted by molar-refractivity contribution is 6.00. The number of nitro groups is 1. The van der Waals surface area contributed by atoms with Crippen LogP contribution in [0.5, 0.6) is 0 Å². The van der Waals surface area contributed by atoms with Crippen LogP contribution in [0.3, 0.4) is 0 Å². The van der Waals surface area contributed by atoms with Crippen molar-refractivity contribution >= 4 is 11.6 Å². The zero-order valence-corrected chi connectivity index (χ0v) is 16.1. The predicted octanol–water partition coefficient (Wildman–Crippen LogP) is 1.42. The van der Waals surface area contributed by atoms with Crippen molar-refractivity contribution in [2.75, 3.05) is 33.2 Å². The minimum atomic E-state index is -0.435. The van der Waals surface area contributed by atoms with Gasteiger partial charge in [0.1, 0.15) is 0 Å². The second-order valence-corrected chi connectivity index (χ2v) is 7.21. The van der Waals surface area contributed by atoms with Gasteiger partial charge < -0.3 is 9.80 Å². The number of piperazine rings is 1. The molecule has 1 amide bonds. The number of non-ortho nitro benzene ring substituents is 1. The first-order valence-corrected chi connectivity index (χ1v) is 9.53. The summed E-state index contributed by atoms with van der Waals surface area (Å²) in [5.41, 5.74) is 2.77. The van der Waals surface area contributed by atoms with E-state index >= 15 is 0 Å². The number of rotatable bonds is 4. The Balaban J connectivity index is 1.77. The first kappa shape index (κ1) is 18.8. The Morgan fingerprint density at radius 2 is 1.72 bits per heavy atom. The Bertz CT molecular complexity index is 1020. The van der Waals surface area contributed by atoms with E-state index in [1.165, 1.54) is 17.0 Å². The van der Waals surface area contributed by atoms with Crippen LogP contribution >= 0.6 is 0 Å². The molecule has 1 aliphatic rings. The van der Waals surface area contributed by atoms with Gasteiger partial charge >= 0.3 is 0 Å². The summed E-state index contributed by atoms with van der Waals surface area (Å²) in [5.74, 6) is -0.0375. The number of nitrogens with one attached hydrogen (secondary N) is 1. The lowest BCUT2D eigenvalue weighted by molar-refractivity contribution is -0.883. The molecule has 2 aromatic carbocycles. The van der Waals surface area contributed by atoms with Gasteiger partial charge in [-0.2, -0.15) is 5.10 Å². The summed E-state index contributed by atoms with van der Waals surface area (Å²) in [5, 5.41) is 15.4. The molecule has 1 aromatic heterocycles. The highest BCUT2D eigenvalue weighted by Gasteiger charge is 2.27. The van der Waals surface area contributed by atoms with Crippen LogP contribution in [0.4, 0.5) is 5.69 Å². The first-order chi connectivity index (χ1) is 14.0. The summed E-state index contributed by atoms with van der Waals surface area (Å²) in [4.78, 5) is 27.1. The summed E-state index contributed by atoms with van der Waals surface area (Å²) >= 11 is 0. The van der Waals surface area contributed by atoms with Crippen molar-refractivity contribution in [3.05, 3.63) is 76.5 Å². The Morgan fingerprint density at radius 1 is 1.07 bits per heavy atom. The Kier molecular flexibility index (Phi) is 5.09. The van der Waals surface area contributed by atoms with Gasteiger partial charge in [0.05, 0.1) is 61.3 Å². The number of quaternary nitrogens is 1. The average molecular weight is 392 g/mol. The molecule has 3 aromatic rings. The number of likely N-dealkylation sites (N-methyl/N-ethyl adjacent to an activating group) is 1. The van der Waals surface area contributed by atoms with Crippen molar-refractivity contribution < 1.29 is 14.6 Å². The van der Waals surface area contributed by atoms with E-state index in [9.17, 15) is 14.9 Å². The number of carbonyl (C=O) groups is 1. The third-order valence-electron chi connectivity index (χ3n) is 5.26. The molecule has 4 rings (SSSR count). The highest BCUT2D eigenvalue weighted by Crippen LogP contribution is 2.28.